The van der Waals surface area contributed by atoms with Crippen LogP contribution < -0.4 is 5.48 Å². The molecule has 19 heavy (non-hydrogen) atoms. The zero-order valence-corrected chi connectivity index (χ0v) is 12.8. The number of hydrogen-bond acceptors (Lipinski definition) is 3. The van der Waals surface area contributed by atoms with E-state index in [-0.39, 0.29) is 5.91 Å². The Morgan fingerprint density at radius 3 is 2.68 bits per heavy atom. The van der Waals surface area contributed by atoms with Gasteiger partial charge in [-0.05, 0) is 35.1 Å². The van der Waals surface area contributed by atoms with Crippen LogP contribution in [0.2, 0.25) is 0 Å². The lowest BCUT2D eigenvalue weighted by molar-refractivity contribution is 0.0225. The molecule has 2 rings (SSSR count). The van der Waals surface area contributed by atoms with Crippen LogP contribution in [-0.4, -0.2) is 15.7 Å². The third kappa shape index (κ3) is 3.54. The molecule has 0 saturated carbocycles. The molecule has 1 amide bonds. The standard InChI is InChI=1S/C13H14IN3O2/c1-9-3-5-10(6-4-9)8-19-16-13(18)12-11(14)7-15-17(12)2/h3-7H,8H2,1-2H3,(H,16,18). The molecule has 1 aromatic carbocycles. The topological polar surface area (TPSA) is 56.1 Å². The highest BCUT2D eigenvalue weighted by Gasteiger charge is 2.14. The van der Waals surface area contributed by atoms with Gasteiger partial charge in [0.1, 0.15) is 5.69 Å². The van der Waals surface area contributed by atoms with Gasteiger partial charge >= 0.3 is 0 Å². The van der Waals surface area contributed by atoms with E-state index < -0.39 is 0 Å². The smallest absolute Gasteiger partial charge is 0.269 e. The molecule has 0 aliphatic carbocycles. The molecule has 1 aromatic heterocycles. The number of hydrogen-bond donors (Lipinski definition) is 1. The van der Waals surface area contributed by atoms with E-state index in [1.54, 1.807) is 13.2 Å². The van der Waals surface area contributed by atoms with Crippen LogP contribution >= 0.6 is 22.6 Å². The number of amides is 1. The fourth-order valence-electron chi connectivity index (χ4n) is 1.58. The van der Waals surface area contributed by atoms with Crippen molar-refractivity contribution in [3.63, 3.8) is 0 Å². The molecule has 0 spiro atoms. The maximum absolute atomic E-state index is 11.9. The zero-order chi connectivity index (χ0) is 13.8. The van der Waals surface area contributed by atoms with Crippen LogP contribution in [-0.2, 0) is 18.5 Å². The fourth-order valence-corrected chi connectivity index (χ4v) is 2.30. The molecule has 5 nitrogen and oxygen atoms in total. The Bertz CT molecular complexity index is 559. The molecule has 1 N–H and O–H groups in total. The van der Waals surface area contributed by atoms with Gasteiger partial charge in [-0.2, -0.15) is 5.10 Å². The molecule has 0 radical (unpaired) electrons. The Hall–Kier alpha value is -1.41. The van der Waals surface area contributed by atoms with Crippen molar-refractivity contribution in [3.05, 3.63) is 50.9 Å². The first-order valence-corrected chi connectivity index (χ1v) is 6.81. The molecule has 6 heteroatoms. The first-order valence-electron chi connectivity index (χ1n) is 5.73. The maximum Gasteiger partial charge on any atom is 0.294 e. The van der Waals surface area contributed by atoms with Gasteiger partial charge in [0.15, 0.2) is 0 Å². The van der Waals surface area contributed by atoms with Gasteiger partial charge in [-0.1, -0.05) is 29.8 Å². The SMILES string of the molecule is Cc1ccc(CONC(=O)c2c(I)cnn2C)cc1. The first-order chi connectivity index (χ1) is 9.08. The molecule has 0 aliphatic rings. The van der Waals surface area contributed by atoms with Gasteiger partial charge in [-0.15, -0.1) is 0 Å². The van der Waals surface area contributed by atoms with Gasteiger partial charge in [0.2, 0.25) is 0 Å². The monoisotopic (exact) mass is 371 g/mol. The average molecular weight is 371 g/mol. The lowest BCUT2D eigenvalue weighted by Gasteiger charge is -2.07. The Morgan fingerprint density at radius 1 is 1.42 bits per heavy atom. The summed E-state index contributed by atoms with van der Waals surface area (Å²) in [7, 11) is 1.72. The summed E-state index contributed by atoms with van der Waals surface area (Å²) in [5.41, 5.74) is 5.11. The average Bonchev–Trinajstić information content (AvgIpc) is 2.71. The van der Waals surface area contributed by atoms with Crippen molar-refractivity contribution in [2.24, 2.45) is 7.05 Å². The summed E-state index contributed by atoms with van der Waals surface area (Å²) in [6, 6.07) is 7.94. The largest absolute Gasteiger partial charge is 0.294 e. The van der Waals surface area contributed by atoms with E-state index in [2.05, 4.69) is 33.2 Å². The van der Waals surface area contributed by atoms with E-state index >= 15 is 0 Å². The highest BCUT2D eigenvalue weighted by atomic mass is 127. The van der Waals surface area contributed by atoms with Crippen LogP contribution in [0.1, 0.15) is 21.6 Å². The molecular weight excluding hydrogens is 357 g/mol. The van der Waals surface area contributed by atoms with Crippen LogP contribution in [0, 0.1) is 10.5 Å². The fraction of sp³-hybridized carbons (Fsp3) is 0.231. The minimum Gasteiger partial charge on any atom is -0.269 e. The number of benzene rings is 1. The molecule has 2 aromatic rings. The molecule has 1 heterocycles. The van der Waals surface area contributed by atoms with Crippen molar-refractivity contribution in [2.75, 3.05) is 0 Å². The number of halogens is 1. The van der Waals surface area contributed by atoms with E-state index in [9.17, 15) is 4.79 Å². The van der Waals surface area contributed by atoms with E-state index in [0.29, 0.717) is 12.3 Å². The quantitative estimate of drug-likeness (QED) is 0.662. The molecule has 0 unspecified atom stereocenters. The summed E-state index contributed by atoms with van der Waals surface area (Å²) in [5.74, 6) is -0.295. The molecule has 0 atom stereocenters. The van der Waals surface area contributed by atoms with Gasteiger partial charge in [-0.3, -0.25) is 14.3 Å². The van der Waals surface area contributed by atoms with Crippen molar-refractivity contribution < 1.29 is 9.63 Å². The van der Waals surface area contributed by atoms with Crippen molar-refractivity contribution in [1.29, 1.82) is 0 Å². The number of aryl methyl sites for hydroxylation is 2. The Labute approximate surface area is 125 Å². The molecule has 0 bridgehead atoms. The third-order valence-corrected chi connectivity index (χ3v) is 3.42. The van der Waals surface area contributed by atoms with Crippen LogP contribution in [0.5, 0.6) is 0 Å². The van der Waals surface area contributed by atoms with Crippen LogP contribution in [0.25, 0.3) is 0 Å². The molecule has 0 aliphatic heterocycles. The van der Waals surface area contributed by atoms with Gasteiger partial charge in [-0.25, -0.2) is 5.48 Å². The predicted molar refractivity (Wildman–Crippen MR) is 79.4 cm³/mol. The third-order valence-electron chi connectivity index (χ3n) is 2.63. The lowest BCUT2D eigenvalue weighted by Crippen LogP contribution is -2.26. The van der Waals surface area contributed by atoms with Crippen molar-refractivity contribution >= 4 is 28.5 Å². The summed E-state index contributed by atoms with van der Waals surface area (Å²) in [5, 5.41) is 4.01. The van der Waals surface area contributed by atoms with E-state index in [1.807, 2.05) is 31.2 Å². The highest BCUT2D eigenvalue weighted by molar-refractivity contribution is 14.1. The molecule has 0 saturated heterocycles. The van der Waals surface area contributed by atoms with Crippen LogP contribution in [0.3, 0.4) is 0 Å². The lowest BCUT2D eigenvalue weighted by atomic mass is 10.2. The van der Waals surface area contributed by atoms with Gasteiger partial charge in [0.25, 0.3) is 5.91 Å². The Balaban J connectivity index is 1.89. The molecule has 0 fully saturated rings. The molecular formula is C13H14IN3O2. The minimum absolute atomic E-state index is 0.295. The Kier molecular flexibility index (Phi) is 4.54. The van der Waals surface area contributed by atoms with Gasteiger partial charge < -0.3 is 0 Å². The second-order valence-electron chi connectivity index (χ2n) is 4.17. The number of nitrogens with zero attached hydrogens (tertiary/aromatic N) is 2. The Morgan fingerprint density at radius 2 is 2.11 bits per heavy atom. The zero-order valence-electron chi connectivity index (χ0n) is 10.7. The summed E-state index contributed by atoms with van der Waals surface area (Å²) < 4.78 is 2.31. The number of rotatable bonds is 4. The number of carbonyl (C=O) groups excluding carboxylic acids is 1. The van der Waals surface area contributed by atoms with E-state index in [4.69, 9.17) is 4.84 Å². The van der Waals surface area contributed by atoms with E-state index in [1.165, 1.54) is 10.2 Å². The van der Waals surface area contributed by atoms with Crippen molar-refractivity contribution in [2.45, 2.75) is 13.5 Å². The number of aromatic nitrogens is 2. The summed E-state index contributed by atoms with van der Waals surface area (Å²) in [4.78, 5) is 17.1. The molecule has 100 valence electrons. The predicted octanol–water partition coefficient (Wildman–Crippen LogP) is 2.19. The van der Waals surface area contributed by atoms with Crippen LogP contribution in [0.4, 0.5) is 0 Å². The van der Waals surface area contributed by atoms with Gasteiger partial charge in [0, 0.05) is 7.05 Å². The van der Waals surface area contributed by atoms with Crippen LogP contribution in [0.15, 0.2) is 30.5 Å². The van der Waals surface area contributed by atoms with Crippen molar-refractivity contribution in [1.82, 2.24) is 15.3 Å². The number of hydroxylamine groups is 1. The number of nitrogens with one attached hydrogen (secondary N) is 1. The summed E-state index contributed by atoms with van der Waals surface area (Å²) >= 11 is 2.06. The van der Waals surface area contributed by atoms with Gasteiger partial charge in [0.05, 0.1) is 16.4 Å². The first kappa shape index (κ1) is 14.0. The summed E-state index contributed by atoms with van der Waals surface area (Å²) in [6.45, 7) is 2.36. The van der Waals surface area contributed by atoms with Crippen molar-refractivity contribution in [3.8, 4) is 0 Å². The maximum atomic E-state index is 11.9. The second-order valence-corrected chi connectivity index (χ2v) is 5.33. The van der Waals surface area contributed by atoms with E-state index in [0.717, 1.165) is 9.13 Å². The summed E-state index contributed by atoms with van der Waals surface area (Å²) in [6.07, 6.45) is 1.63. The minimum atomic E-state index is -0.295. The number of carbonyl (C=O) groups is 1. The highest BCUT2D eigenvalue weighted by Crippen LogP contribution is 2.10. The normalized spacial score (nSPS) is 10.5. The second kappa shape index (κ2) is 6.16.